The zero-order chi connectivity index (χ0) is 49.1. The highest BCUT2D eigenvalue weighted by atomic mass is 32.2. The van der Waals surface area contributed by atoms with E-state index in [1.807, 2.05) is 13.0 Å². The highest BCUT2D eigenvalue weighted by Crippen LogP contribution is 2.46. The zero-order valence-electron chi connectivity index (χ0n) is 34.8. The Hall–Kier alpha value is -7.42. The number of hydrogen-bond donors (Lipinski definition) is 6. The van der Waals surface area contributed by atoms with Gasteiger partial charge in [0.05, 0.1) is 22.7 Å². The quantitative estimate of drug-likeness (QED) is 0.0518. The van der Waals surface area contributed by atoms with Gasteiger partial charge < -0.3 is 10.2 Å². The van der Waals surface area contributed by atoms with E-state index in [1.165, 1.54) is 30.3 Å². The van der Waals surface area contributed by atoms with Crippen molar-refractivity contribution in [2.75, 3.05) is 0 Å². The van der Waals surface area contributed by atoms with Crippen LogP contribution >= 0.6 is 0 Å². The lowest BCUT2D eigenvalue weighted by molar-refractivity contribution is 0.469. The molecule has 6 N–H and O–H groups in total. The van der Waals surface area contributed by atoms with Gasteiger partial charge in [-0.1, -0.05) is 60.7 Å². The predicted octanol–water partition coefficient (Wildman–Crippen LogP) is 11.1. The molecule has 0 atom stereocenters. The lowest BCUT2D eigenvalue weighted by atomic mass is 10.0. The Morgan fingerprint density at radius 1 is 0.368 bits per heavy atom. The molecule has 0 fully saturated rings. The summed E-state index contributed by atoms with van der Waals surface area (Å²) < 4.78 is 137. The van der Waals surface area contributed by atoms with E-state index in [2.05, 4.69) is 30.7 Å². The van der Waals surface area contributed by atoms with Gasteiger partial charge in [0.1, 0.15) is 31.0 Å². The van der Waals surface area contributed by atoms with E-state index >= 15 is 0 Å². The van der Waals surface area contributed by atoms with Gasteiger partial charge in [-0.15, -0.1) is 20.5 Å². The number of benzene rings is 8. The molecule has 0 bridgehead atoms. The van der Waals surface area contributed by atoms with Crippen molar-refractivity contribution in [2.45, 2.75) is 33.4 Å². The lowest BCUT2D eigenvalue weighted by Gasteiger charge is -2.11. The Labute approximate surface area is 386 Å². The maximum absolute atomic E-state index is 12.4. The van der Waals surface area contributed by atoms with E-state index in [9.17, 15) is 62.1 Å². The first-order chi connectivity index (χ1) is 31.9. The van der Waals surface area contributed by atoms with E-state index in [-0.39, 0.29) is 22.1 Å². The van der Waals surface area contributed by atoms with Gasteiger partial charge in [0.25, 0.3) is 40.5 Å². The van der Waals surface area contributed by atoms with Gasteiger partial charge in [-0.25, -0.2) is 0 Å². The summed E-state index contributed by atoms with van der Waals surface area (Å²) in [6.07, 6.45) is 0. The smallest absolute Gasteiger partial charge is 0.296 e. The van der Waals surface area contributed by atoms with Crippen molar-refractivity contribution in [1.82, 2.24) is 0 Å². The van der Waals surface area contributed by atoms with Crippen molar-refractivity contribution in [2.24, 2.45) is 30.7 Å². The number of hydrogen-bond acceptors (Lipinski definition) is 16. The third-order valence-corrected chi connectivity index (χ3v) is 14.1. The summed E-state index contributed by atoms with van der Waals surface area (Å²) in [4.78, 5) is -3.17. The van der Waals surface area contributed by atoms with Crippen LogP contribution in [0.1, 0.15) is 11.1 Å². The summed E-state index contributed by atoms with van der Waals surface area (Å²) in [5.41, 5.74) is 2.50. The molecule has 8 aromatic carbocycles. The number of aromatic hydroxyl groups is 2. The van der Waals surface area contributed by atoms with E-state index in [4.69, 9.17) is 0 Å². The van der Waals surface area contributed by atoms with Crippen LogP contribution in [0.4, 0.5) is 34.1 Å². The Morgan fingerprint density at radius 2 is 0.706 bits per heavy atom. The number of rotatable bonds is 11. The molecule has 8 rings (SSSR count). The van der Waals surface area contributed by atoms with Crippen molar-refractivity contribution in [3.8, 4) is 22.6 Å². The fourth-order valence-corrected chi connectivity index (χ4v) is 10.2. The topological polar surface area (TPSA) is 332 Å². The number of fused-ring (bicyclic) bond motifs is 3. The standard InChI is InChI=1S/C44H32N6O14S4/c1-23-19-25(26-14-16-32(24(2)20-26)46-49-41-37(67(59,60)61)21-27-7-5-11-35(65(53,54)55)39(27)43(41)51)13-15-31(23)45-47-33-17-18-34(30-10-4-3-9-29(30)33)48-50-42-38(68(62,63)64)22-28-8-6-12-36(66(56,57)58)40(28)44(42)52/h3-22,51-52H,1-2H3,(H,53,54,55)(H,56,57,58)(H,59,60,61)(H,62,63,64). The van der Waals surface area contributed by atoms with Crippen LogP contribution in [0.3, 0.4) is 0 Å². The second-order valence-electron chi connectivity index (χ2n) is 15.0. The first-order valence-electron chi connectivity index (χ1n) is 19.4. The molecule has 0 radical (unpaired) electrons. The summed E-state index contributed by atoms with van der Waals surface area (Å²) >= 11 is 0. The highest BCUT2D eigenvalue weighted by Gasteiger charge is 2.28. The van der Waals surface area contributed by atoms with Crippen LogP contribution in [0, 0.1) is 13.8 Å². The van der Waals surface area contributed by atoms with Gasteiger partial charge in [0.2, 0.25) is 0 Å². The van der Waals surface area contributed by atoms with Gasteiger partial charge in [-0.3, -0.25) is 18.2 Å². The summed E-state index contributed by atoms with van der Waals surface area (Å²) in [5, 5.41) is 47.0. The normalized spacial score (nSPS) is 13.0. The van der Waals surface area contributed by atoms with Crippen LogP contribution in [-0.4, -0.2) is 62.1 Å². The zero-order valence-corrected chi connectivity index (χ0v) is 38.1. The van der Waals surface area contributed by atoms with Gasteiger partial charge in [0.15, 0.2) is 11.5 Å². The fourth-order valence-electron chi connectivity index (χ4n) is 7.40. The minimum Gasteiger partial charge on any atom is -0.505 e. The predicted molar refractivity (Wildman–Crippen MR) is 248 cm³/mol. The van der Waals surface area contributed by atoms with E-state index in [1.54, 1.807) is 67.6 Å². The first kappa shape index (κ1) is 47.1. The summed E-state index contributed by atoms with van der Waals surface area (Å²) in [7, 11) is -19.8. The molecule has 0 aliphatic rings. The minimum atomic E-state index is -5.04. The molecule has 0 aliphatic heterocycles. The van der Waals surface area contributed by atoms with Gasteiger partial charge in [0, 0.05) is 21.5 Å². The Balaban J connectivity index is 1.08. The maximum atomic E-state index is 12.4. The van der Waals surface area contributed by atoms with Crippen LogP contribution in [0.5, 0.6) is 11.5 Å². The second kappa shape index (κ2) is 17.3. The molecule has 24 heteroatoms. The van der Waals surface area contributed by atoms with E-state index < -0.39 is 93.7 Å². The molecule has 0 spiro atoms. The summed E-state index contributed by atoms with van der Waals surface area (Å²) in [5.74, 6) is -1.93. The monoisotopic (exact) mass is 996 g/mol. The van der Waals surface area contributed by atoms with Crippen LogP contribution in [0.15, 0.2) is 172 Å². The molecule has 0 aromatic heterocycles. The molecular weight excluding hydrogens is 965 g/mol. The van der Waals surface area contributed by atoms with Crippen molar-refractivity contribution >= 4 is 107 Å². The van der Waals surface area contributed by atoms with Crippen molar-refractivity contribution in [1.29, 1.82) is 0 Å². The largest absolute Gasteiger partial charge is 0.505 e. The number of aryl methyl sites for hydroxylation is 2. The third-order valence-electron chi connectivity index (χ3n) is 10.6. The molecule has 0 saturated carbocycles. The fraction of sp³-hybridized carbons (Fsp3) is 0.0455. The Kier molecular flexibility index (Phi) is 12.0. The van der Waals surface area contributed by atoms with Crippen molar-refractivity contribution < 1.29 is 62.1 Å². The Morgan fingerprint density at radius 3 is 1.07 bits per heavy atom. The molecule has 8 aromatic rings. The maximum Gasteiger partial charge on any atom is 0.296 e. The average Bonchev–Trinajstić information content (AvgIpc) is 3.26. The highest BCUT2D eigenvalue weighted by molar-refractivity contribution is 7.87. The molecule has 20 nitrogen and oxygen atoms in total. The van der Waals surface area contributed by atoms with Crippen LogP contribution in [0.2, 0.25) is 0 Å². The third kappa shape index (κ3) is 9.16. The Bertz CT molecular complexity index is 4030. The van der Waals surface area contributed by atoms with Crippen LogP contribution < -0.4 is 0 Å². The van der Waals surface area contributed by atoms with Crippen molar-refractivity contribution in [3.63, 3.8) is 0 Å². The average molecular weight is 997 g/mol. The lowest BCUT2D eigenvalue weighted by Crippen LogP contribution is -2.02. The van der Waals surface area contributed by atoms with E-state index in [0.29, 0.717) is 27.7 Å². The second-order valence-corrected chi connectivity index (χ2v) is 20.6. The van der Waals surface area contributed by atoms with Crippen LogP contribution in [-0.2, 0) is 40.5 Å². The molecule has 0 amide bonds. The van der Waals surface area contributed by atoms with Crippen LogP contribution in [0.25, 0.3) is 43.4 Å². The number of nitrogens with zero attached hydrogens (tertiary/aromatic N) is 6. The SMILES string of the molecule is Cc1cc(-c2ccc(N=Nc3ccc(N=Nc4c(S(=O)(=O)O)cc5cccc(S(=O)(=O)O)c5c4O)c4ccccc34)c(C)c2)ccc1N=Nc1c(S(=O)(=O)O)cc2cccc(S(=O)(=O)O)c2c1O. The molecule has 0 aliphatic carbocycles. The molecular formula is C44H32N6O14S4. The number of phenols is 2. The molecule has 0 heterocycles. The van der Waals surface area contributed by atoms with Gasteiger partial charge in [-0.05, 0) is 108 Å². The summed E-state index contributed by atoms with van der Waals surface area (Å²) in [6.45, 7) is 3.50. The number of phenolic OH excluding ortho intramolecular Hbond substituents is 2. The molecule has 0 unspecified atom stereocenters. The number of azo groups is 3. The molecule has 0 saturated heterocycles. The van der Waals surface area contributed by atoms with E-state index in [0.717, 1.165) is 41.0 Å². The minimum absolute atomic E-state index is 0.121. The van der Waals surface area contributed by atoms with Gasteiger partial charge >= 0.3 is 0 Å². The van der Waals surface area contributed by atoms with Crippen molar-refractivity contribution in [3.05, 3.63) is 132 Å². The molecule has 346 valence electrons. The van der Waals surface area contributed by atoms with Gasteiger partial charge in [-0.2, -0.15) is 43.9 Å². The molecule has 68 heavy (non-hydrogen) atoms. The first-order valence-corrected chi connectivity index (χ1v) is 25.1. The summed E-state index contributed by atoms with van der Waals surface area (Å²) in [6, 6.07) is 29.0.